The topological polar surface area (TPSA) is 104 Å². The molecule has 0 aromatic heterocycles. The van der Waals surface area contributed by atoms with Crippen molar-refractivity contribution in [1.82, 2.24) is 10.2 Å². The van der Waals surface area contributed by atoms with Gasteiger partial charge in [0.1, 0.15) is 6.04 Å². The van der Waals surface area contributed by atoms with Crippen LogP contribution in [0.2, 0.25) is 0 Å². The van der Waals surface area contributed by atoms with Gasteiger partial charge in [0, 0.05) is 12.6 Å². The number of hydrogen-bond acceptors (Lipinski definition) is 4. The molecule has 0 radical (unpaired) electrons. The average molecular weight is 292 g/mol. The van der Waals surface area contributed by atoms with Crippen molar-refractivity contribution >= 4 is 21.8 Å². The van der Waals surface area contributed by atoms with Crippen molar-refractivity contribution in [1.29, 1.82) is 0 Å². The molecular weight excluding hydrogens is 272 g/mol. The maximum Gasteiger partial charge on any atom is 0.326 e. The highest BCUT2D eigenvalue weighted by Gasteiger charge is 2.32. The fourth-order valence-electron chi connectivity index (χ4n) is 2.08. The highest BCUT2D eigenvalue weighted by molar-refractivity contribution is 7.91. The molecule has 19 heavy (non-hydrogen) atoms. The number of carboxylic acid groups (broad SMARTS) is 1. The number of aliphatic carboxylic acids is 1. The van der Waals surface area contributed by atoms with Crippen LogP contribution in [0.25, 0.3) is 0 Å². The van der Waals surface area contributed by atoms with E-state index >= 15 is 0 Å². The van der Waals surface area contributed by atoms with Gasteiger partial charge in [0.2, 0.25) is 0 Å². The number of sulfone groups is 1. The fourth-order valence-corrected chi connectivity index (χ4v) is 3.63. The first-order chi connectivity index (χ1) is 8.76. The number of rotatable bonds is 4. The lowest BCUT2D eigenvalue weighted by atomic mass is 10.2. The van der Waals surface area contributed by atoms with Gasteiger partial charge in [-0.2, -0.15) is 0 Å². The molecule has 1 heterocycles. The predicted molar refractivity (Wildman–Crippen MR) is 69.7 cm³/mol. The molecule has 2 unspecified atom stereocenters. The summed E-state index contributed by atoms with van der Waals surface area (Å²) < 4.78 is 22.8. The molecule has 1 aliphatic heterocycles. The SMILES string of the molecule is CCCC(NC(=O)N1CCS(=O)(=O)CC1C)C(=O)O. The van der Waals surface area contributed by atoms with Crippen LogP contribution < -0.4 is 5.32 Å². The van der Waals surface area contributed by atoms with Crippen molar-refractivity contribution in [2.24, 2.45) is 0 Å². The number of nitrogens with zero attached hydrogens (tertiary/aromatic N) is 1. The Morgan fingerprint density at radius 3 is 2.58 bits per heavy atom. The van der Waals surface area contributed by atoms with Crippen LogP contribution in [-0.4, -0.2) is 60.6 Å². The van der Waals surface area contributed by atoms with E-state index < -0.39 is 33.9 Å². The van der Waals surface area contributed by atoms with E-state index in [2.05, 4.69) is 5.32 Å². The third kappa shape index (κ3) is 4.38. The van der Waals surface area contributed by atoms with Crippen LogP contribution in [0.1, 0.15) is 26.7 Å². The summed E-state index contributed by atoms with van der Waals surface area (Å²) in [6, 6.07) is -1.87. The van der Waals surface area contributed by atoms with Gasteiger partial charge in [-0.05, 0) is 13.3 Å². The fraction of sp³-hybridized carbons (Fsp3) is 0.818. The van der Waals surface area contributed by atoms with Gasteiger partial charge in [0.15, 0.2) is 9.84 Å². The van der Waals surface area contributed by atoms with E-state index in [4.69, 9.17) is 5.11 Å². The summed E-state index contributed by atoms with van der Waals surface area (Å²) in [6.45, 7) is 3.58. The Kier molecular flexibility index (Phi) is 5.16. The van der Waals surface area contributed by atoms with Gasteiger partial charge in [0.25, 0.3) is 0 Å². The van der Waals surface area contributed by atoms with E-state index in [1.807, 2.05) is 6.92 Å². The minimum atomic E-state index is -3.09. The maximum absolute atomic E-state index is 12.0. The Labute approximate surface area is 112 Å². The van der Waals surface area contributed by atoms with Crippen LogP contribution in [-0.2, 0) is 14.6 Å². The molecule has 2 N–H and O–H groups in total. The molecule has 0 aromatic rings. The number of carbonyl (C=O) groups is 2. The molecule has 7 nitrogen and oxygen atoms in total. The van der Waals surface area contributed by atoms with Crippen LogP contribution in [0.15, 0.2) is 0 Å². The molecule has 0 aliphatic carbocycles. The van der Waals surface area contributed by atoms with Crippen LogP contribution in [0.4, 0.5) is 4.79 Å². The van der Waals surface area contributed by atoms with Crippen molar-refractivity contribution in [2.75, 3.05) is 18.1 Å². The van der Waals surface area contributed by atoms with E-state index in [9.17, 15) is 18.0 Å². The van der Waals surface area contributed by atoms with E-state index in [1.165, 1.54) is 4.90 Å². The van der Waals surface area contributed by atoms with Gasteiger partial charge in [-0.25, -0.2) is 18.0 Å². The molecule has 1 aliphatic rings. The molecule has 2 atom stereocenters. The van der Waals surface area contributed by atoms with Crippen molar-refractivity contribution in [3.8, 4) is 0 Å². The normalized spacial score (nSPS) is 23.7. The largest absolute Gasteiger partial charge is 0.480 e. The molecule has 110 valence electrons. The molecular formula is C11H20N2O5S. The second-order valence-corrected chi connectivity index (χ2v) is 7.01. The highest BCUT2D eigenvalue weighted by atomic mass is 32.2. The number of urea groups is 1. The molecule has 0 saturated carbocycles. The predicted octanol–water partition coefficient (Wildman–Crippen LogP) is 0.0682. The summed E-state index contributed by atoms with van der Waals surface area (Å²) in [6.07, 6.45) is 0.989. The minimum Gasteiger partial charge on any atom is -0.480 e. The second-order valence-electron chi connectivity index (χ2n) is 4.79. The Hall–Kier alpha value is -1.31. The lowest BCUT2D eigenvalue weighted by Gasteiger charge is -2.33. The molecule has 0 bridgehead atoms. The van der Waals surface area contributed by atoms with Crippen molar-refractivity contribution in [3.05, 3.63) is 0 Å². The smallest absolute Gasteiger partial charge is 0.326 e. The Morgan fingerprint density at radius 1 is 1.47 bits per heavy atom. The lowest BCUT2D eigenvalue weighted by Crippen LogP contribution is -2.56. The van der Waals surface area contributed by atoms with Gasteiger partial charge in [-0.3, -0.25) is 0 Å². The van der Waals surface area contributed by atoms with Gasteiger partial charge >= 0.3 is 12.0 Å². The average Bonchev–Trinajstić information content (AvgIpc) is 2.26. The maximum atomic E-state index is 12.0. The van der Waals surface area contributed by atoms with Crippen molar-refractivity contribution < 1.29 is 23.1 Å². The number of carboxylic acids is 1. The molecule has 1 rings (SSSR count). The first-order valence-corrected chi connectivity index (χ1v) is 8.09. The first kappa shape index (κ1) is 15.7. The number of amides is 2. The van der Waals surface area contributed by atoms with E-state index in [0.717, 1.165) is 0 Å². The summed E-state index contributed by atoms with van der Waals surface area (Å²) in [5.74, 6) is -1.23. The summed E-state index contributed by atoms with van der Waals surface area (Å²) in [4.78, 5) is 24.3. The van der Waals surface area contributed by atoms with E-state index in [-0.39, 0.29) is 18.1 Å². The third-order valence-corrected chi connectivity index (χ3v) is 4.90. The van der Waals surface area contributed by atoms with Gasteiger partial charge in [-0.1, -0.05) is 13.3 Å². The zero-order valence-corrected chi connectivity index (χ0v) is 11.9. The molecule has 8 heteroatoms. The van der Waals surface area contributed by atoms with Gasteiger partial charge in [0.05, 0.1) is 11.5 Å². The Balaban J connectivity index is 2.65. The Morgan fingerprint density at radius 2 is 2.11 bits per heavy atom. The van der Waals surface area contributed by atoms with E-state index in [0.29, 0.717) is 12.8 Å². The molecule has 1 saturated heterocycles. The third-order valence-electron chi connectivity index (χ3n) is 3.10. The van der Waals surface area contributed by atoms with Crippen LogP contribution in [0.5, 0.6) is 0 Å². The zero-order chi connectivity index (χ0) is 14.6. The van der Waals surface area contributed by atoms with Crippen LogP contribution in [0, 0.1) is 0 Å². The number of hydrogen-bond donors (Lipinski definition) is 2. The standard InChI is InChI=1S/C11H20N2O5S/c1-3-4-9(10(14)15)12-11(16)13-5-6-19(17,18)7-8(13)2/h8-9H,3-7H2,1-2H3,(H,12,16)(H,14,15). The number of nitrogens with one attached hydrogen (secondary N) is 1. The minimum absolute atomic E-state index is 0.0731. The summed E-state index contributed by atoms with van der Waals surface area (Å²) in [5, 5.41) is 11.4. The van der Waals surface area contributed by atoms with Crippen LogP contribution in [0.3, 0.4) is 0 Å². The Bertz CT molecular complexity index is 448. The molecule has 0 aromatic carbocycles. The zero-order valence-electron chi connectivity index (χ0n) is 11.1. The summed E-state index contributed by atoms with van der Waals surface area (Å²) >= 11 is 0. The van der Waals surface area contributed by atoms with E-state index in [1.54, 1.807) is 6.92 Å². The molecule has 1 fully saturated rings. The van der Waals surface area contributed by atoms with Crippen molar-refractivity contribution in [2.45, 2.75) is 38.8 Å². The lowest BCUT2D eigenvalue weighted by molar-refractivity contribution is -0.139. The quantitative estimate of drug-likeness (QED) is 0.763. The summed E-state index contributed by atoms with van der Waals surface area (Å²) in [7, 11) is -3.09. The van der Waals surface area contributed by atoms with Crippen LogP contribution >= 0.6 is 0 Å². The highest BCUT2D eigenvalue weighted by Crippen LogP contribution is 2.12. The number of carbonyl (C=O) groups excluding carboxylic acids is 1. The van der Waals surface area contributed by atoms with Gasteiger partial charge in [-0.15, -0.1) is 0 Å². The monoisotopic (exact) mass is 292 g/mol. The first-order valence-electron chi connectivity index (χ1n) is 6.27. The second kappa shape index (κ2) is 6.23. The summed E-state index contributed by atoms with van der Waals surface area (Å²) in [5.41, 5.74) is 0. The molecule has 0 spiro atoms. The van der Waals surface area contributed by atoms with Crippen molar-refractivity contribution in [3.63, 3.8) is 0 Å². The molecule has 2 amide bonds. The van der Waals surface area contributed by atoms with Gasteiger partial charge < -0.3 is 15.3 Å².